The lowest BCUT2D eigenvalue weighted by Crippen LogP contribution is -2.06. The summed E-state index contributed by atoms with van der Waals surface area (Å²) < 4.78 is 4.71. The molecule has 0 bridgehead atoms. The first-order valence-corrected chi connectivity index (χ1v) is 3.78. The van der Waals surface area contributed by atoms with Crippen LogP contribution in [0.5, 0.6) is 5.75 Å². The summed E-state index contributed by atoms with van der Waals surface area (Å²) in [7, 11) is 5.02. The van der Waals surface area contributed by atoms with E-state index in [4.69, 9.17) is 12.6 Å². The van der Waals surface area contributed by atoms with Crippen LogP contribution in [0.3, 0.4) is 0 Å². The molecule has 1 rings (SSSR count). The predicted molar refractivity (Wildman–Crippen MR) is 49.3 cm³/mol. The van der Waals surface area contributed by atoms with Gasteiger partial charge in [-0.15, -0.1) is 0 Å². The first-order chi connectivity index (χ1) is 6.63. The Kier molecular flexibility index (Phi) is 3.22. The highest BCUT2D eigenvalue weighted by molar-refractivity contribution is 6.18. The van der Waals surface area contributed by atoms with Crippen LogP contribution in [0.2, 0.25) is 6.32 Å². The minimum absolute atomic E-state index is 0.0578. The van der Waals surface area contributed by atoms with Gasteiger partial charge in [0.15, 0.2) is 0 Å². The zero-order valence-corrected chi connectivity index (χ0v) is 7.17. The van der Waals surface area contributed by atoms with Crippen molar-refractivity contribution in [3.63, 3.8) is 0 Å². The average Bonchev–Trinajstić information content (AvgIpc) is 2.18. The molecule has 1 aromatic carbocycles. The van der Waals surface area contributed by atoms with Crippen LogP contribution in [0.1, 0.15) is 0 Å². The van der Waals surface area contributed by atoms with Gasteiger partial charge in [0.25, 0.3) is 5.69 Å². The maximum absolute atomic E-state index is 10.7. The fourth-order valence-electron chi connectivity index (χ4n) is 0.809. The van der Waals surface area contributed by atoms with Crippen molar-refractivity contribution in [2.45, 2.75) is 6.32 Å². The van der Waals surface area contributed by atoms with Gasteiger partial charge in [-0.3, -0.25) is 14.9 Å². The lowest BCUT2D eigenvalue weighted by molar-refractivity contribution is -0.384. The van der Waals surface area contributed by atoms with E-state index in [0.717, 1.165) is 0 Å². The highest BCUT2D eigenvalue weighted by Crippen LogP contribution is 2.17. The van der Waals surface area contributed by atoms with Gasteiger partial charge in [-0.1, -0.05) is 0 Å². The number of hydrogen-bond donors (Lipinski definition) is 0. The van der Waals surface area contributed by atoms with Crippen molar-refractivity contribution < 1.29 is 14.5 Å². The summed E-state index contributed by atoms with van der Waals surface area (Å²) in [6.07, 6.45) is -0.225. The van der Waals surface area contributed by atoms with Gasteiger partial charge in [0, 0.05) is 18.5 Å². The molecule has 0 heterocycles. The van der Waals surface area contributed by atoms with Crippen molar-refractivity contribution in [3.8, 4) is 5.75 Å². The standard InChI is InChI=1S/C8H6BNO4/c9-5-8(11)14-7-3-1-6(2-4-7)10(12)13/h1-4H,5H2. The van der Waals surface area contributed by atoms with E-state index >= 15 is 0 Å². The molecule has 70 valence electrons. The summed E-state index contributed by atoms with van der Waals surface area (Å²) in [5.74, 6) is -0.343. The van der Waals surface area contributed by atoms with Crippen LogP contribution in [0.4, 0.5) is 5.69 Å². The fraction of sp³-hybridized carbons (Fsp3) is 0.125. The Morgan fingerprint density at radius 1 is 1.43 bits per heavy atom. The van der Waals surface area contributed by atoms with E-state index in [0.29, 0.717) is 0 Å². The molecule has 0 aromatic heterocycles. The smallest absolute Gasteiger partial charge is 0.302 e. The predicted octanol–water partition coefficient (Wildman–Crippen LogP) is 1.09. The quantitative estimate of drug-likeness (QED) is 0.235. The van der Waals surface area contributed by atoms with E-state index in [1.165, 1.54) is 24.3 Å². The fourth-order valence-corrected chi connectivity index (χ4v) is 0.809. The first kappa shape index (κ1) is 10.2. The van der Waals surface area contributed by atoms with E-state index in [1.54, 1.807) is 0 Å². The van der Waals surface area contributed by atoms with E-state index in [1.807, 2.05) is 0 Å². The topological polar surface area (TPSA) is 69.4 Å². The number of hydrogen-bond acceptors (Lipinski definition) is 4. The van der Waals surface area contributed by atoms with Gasteiger partial charge in [-0.05, 0) is 12.1 Å². The molecule has 0 saturated heterocycles. The molecule has 0 fully saturated rings. The van der Waals surface area contributed by atoms with Gasteiger partial charge < -0.3 is 4.74 Å². The maximum atomic E-state index is 10.7. The molecule has 0 atom stereocenters. The molecule has 0 unspecified atom stereocenters. The number of esters is 1. The Balaban J connectivity index is 2.73. The third-order valence-corrected chi connectivity index (χ3v) is 1.45. The Bertz CT molecular complexity index is 349. The van der Waals surface area contributed by atoms with Crippen LogP contribution in [0, 0.1) is 10.1 Å². The summed E-state index contributed by atoms with van der Waals surface area (Å²) in [6, 6.07) is 5.18. The van der Waals surface area contributed by atoms with Crippen molar-refractivity contribution >= 4 is 19.5 Å². The molecule has 0 amide bonds. The van der Waals surface area contributed by atoms with Crippen molar-refractivity contribution in [2.24, 2.45) is 0 Å². The number of carbonyl (C=O) groups is 1. The number of nitrogens with zero attached hydrogens (tertiary/aromatic N) is 1. The van der Waals surface area contributed by atoms with Gasteiger partial charge in [0.05, 0.1) is 12.8 Å². The van der Waals surface area contributed by atoms with E-state index in [2.05, 4.69) is 0 Å². The zero-order chi connectivity index (χ0) is 10.6. The number of ether oxygens (including phenoxy) is 1. The summed E-state index contributed by atoms with van der Waals surface area (Å²) in [5.41, 5.74) is -0.0578. The first-order valence-electron chi connectivity index (χ1n) is 3.78. The average molecular weight is 191 g/mol. The number of nitro groups is 1. The van der Waals surface area contributed by atoms with E-state index in [9.17, 15) is 14.9 Å². The molecular weight excluding hydrogens is 185 g/mol. The molecule has 1 aromatic rings. The van der Waals surface area contributed by atoms with Gasteiger partial charge >= 0.3 is 5.97 Å². The molecule has 0 spiro atoms. The Morgan fingerprint density at radius 3 is 2.43 bits per heavy atom. The van der Waals surface area contributed by atoms with Crippen molar-refractivity contribution in [1.29, 1.82) is 0 Å². The summed E-state index contributed by atoms with van der Waals surface area (Å²) in [6.45, 7) is 0. The molecule has 14 heavy (non-hydrogen) atoms. The summed E-state index contributed by atoms with van der Waals surface area (Å²) in [4.78, 5) is 20.5. The molecule has 5 nitrogen and oxygen atoms in total. The number of benzene rings is 1. The van der Waals surface area contributed by atoms with Gasteiger partial charge in [0.2, 0.25) is 0 Å². The largest absolute Gasteiger partial charge is 0.427 e. The third kappa shape index (κ3) is 2.58. The minimum Gasteiger partial charge on any atom is -0.427 e. The van der Waals surface area contributed by atoms with Gasteiger partial charge in [0.1, 0.15) is 5.75 Å². The molecule has 0 aliphatic heterocycles. The lowest BCUT2D eigenvalue weighted by Gasteiger charge is -2.00. The third-order valence-electron chi connectivity index (χ3n) is 1.45. The number of non-ortho nitro benzene ring substituents is 1. The molecule has 6 heteroatoms. The zero-order valence-electron chi connectivity index (χ0n) is 7.17. The van der Waals surface area contributed by atoms with Crippen LogP contribution < -0.4 is 4.74 Å². The molecule has 0 saturated carbocycles. The maximum Gasteiger partial charge on any atom is 0.302 e. The Morgan fingerprint density at radius 2 is 2.00 bits per heavy atom. The van der Waals surface area contributed by atoms with E-state index in [-0.39, 0.29) is 17.8 Å². The monoisotopic (exact) mass is 191 g/mol. The highest BCUT2D eigenvalue weighted by atomic mass is 16.6. The van der Waals surface area contributed by atoms with Crippen LogP contribution >= 0.6 is 0 Å². The molecule has 0 aliphatic carbocycles. The Hall–Kier alpha value is -1.85. The normalized spacial score (nSPS) is 9.43. The molecular formula is C8H6BNO4. The Labute approximate surface area is 81.2 Å². The SMILES string of the molecule is [B]CC(=O)Oc1ccc([N+](=O)[O-])cc1. The number of nitro benzene ring substituents is 1. The second-order valence-electron chi connectivity index (χ2n) is 2.43. The number of carbonyl (C=O) groups excluding carboxylic acids is 1. The second kappa shape index (κ2) is 4.41. The van der Waals surface area contributed by atoms with Crippen LogP contribution in [-0.4, -0.2) is 18.7 Å². The van der Waals surface area contributed by atoms with Crippen molar-refractivity contribution in [2.75, 3.05) is 0 Å². The highest BCUT2D eigenvalue weighted by Gasteiger charge is 2.06. The molecule has 2 radical (unpaired) electrons. The minimum atomic E-state index is -0.584. The van der Waals surface area contributed by atoms with Crippen LogP contribution in [-0.2, 0) is 4.79 Å². The van der Waals surface area contributed by atoms with Crippen molar-refractivity contribution in [1.82, 2.24) is 0 Å². The number of rotatable bonds is 3. The van der Waals surface area contributed by atoms with Crippen LogP contribution in [0.15, 0.2) is 24.3 Å². The summed E-state index contributed by atoms with van der Waals surface area (Å²) in [5, 5.41) is 10.3. The lowest BCUT2D eigenvalue weighted by atomic mass is 10.1. The van der Waals surface area contributed by atoms with E-state index < -0.39 is 10.9 Å². The second-order valence-corrected chi connectivity index (χ2v) is 2.43. The van der Waals surface area contributed by atoms with Gasteiger partial charge in [-0.2, -0.15) is 0 Å². The molecule has 0 N–H and O–H groups in total. The molecule has 0 aliphatic rings. The summed E-state index contributed by atoms with van der Waals surface area (Å²) >= 11 is 0. The van der Waals surface area contributed by atoms with Crippen molar-refractivity contribution in [3.05, 3.63) is 34.4 Å². The van der Waals surface area contributed by atoms with Gasteiger partial charge in [-0.25, -0.2) is 0 Å². The van der Waals surface area contributed by atoms with Crippen LogP contribution in [0.25, 0.3) is 0 Å².